The quantitative estimate of drug-likeness (QED) is 0.592. The van der Waals surface area contributed by atoms with Gasteiger partial charge < -0.3 is 9.13 Å². The molecule has 0 aliphatic carbocycles. The van der Waals surface area contributed by atoms with Crippen molar-refractivity contribution in [3.8, 4) is 0 Å². The van der Waals surface area contributed by atoms with Gasteiger partial charge in [-0.25, -0.2) is 13.4 Å². The van der Waals surface area contributed by atoms with E-state index in [2.05, 4.69) is 9.98 Å². The van der Waals surface area contributed by atoms with E-state index in [-0.39, 0.29) is 29.9 Å². The normalized spacial score (nSPS) is 16.4. The lowest BCUT2D eigenvalue weighted by Crippen LogP contribution is -2.40. The molecule has 0 unspecified atom stereocenters. The van der Waals surface area contributed by atoms with E-state index in [1.54, 1.807) is 18.5 Å². The fraction of sp³-hybridized carbons (Fsp3) is 0.348. The number of amides is 1. The molecule has 3 aromatic rings. The van der Waals surface area contributed by atoms with E-state index in [0.29, 0.717) is 30.7 Å². The summed E-state index contributed by atoms with van der Waals surface area (Å²) < 4.78 is 30.8. The molecular formula is C23H27N5O3S. The third-order valence-corrected chi connectivity index (χ3v) is 7.60. The third-order valence-electron chi connectivity index (χ3n) is 5.83. The monoisotopic (exact) mass is 453 g/mol. The summed E-state index contributed by atoms with van der Waals surface area (Å²) in [4.78, 5) is 21.4. The van der Waals surface area contributed by atoms with Gasteiger partial charge in [0.2, 0.25) is 0 Å². The Hall–Kier alpha value is -3.04. The van der Waals surface area contributed by atoms with Crippen LogP contribution in [0.2, 0.25) is 0 Å². The Morgan fingerprint density at radius 3 is 2.44 bits per heavy atom. The maximum absolute atomic E-state index is 12.9. The van der Waals surface area contributed by atoms with Crippen LogP contribution in [0, 0.1) is 12.8 Å². The molecule has 0 saturated carbocycles. The number of nitrogens with zero attached hydrogens (tertiary/aromatic N) is 5. The minimum absolute atomic E-state index is 0.0539. The van der Waals surface area contributed by atoms with Gasteiger partial charge in [-0.15, -0.1) is 0 Å². The molecular weight excluding hydrogens is 426 g/mol. The number of carbonyl (C=O) groups excluding carboxylic acids is 1. The first-order valence-corrected chi connectivity index (χ1v) is 12.1. The van der Waals surface area contributed by atoms with Crippen molar-refractivity contribution in [2.45, 2.75) is 31.3 Å². The number of hydrogen-bond acceptors (Lipinski definition) is 4. The summed E-state index contributed by atoms with van der Waals surface area (Å²) in [5.74, 6) is 0.139. The van der Waals surface area contributed by atoms with Gasteiger partial charge in [0.1, 0.15) is 11.3 Å². The molecule has 1 fully saturated rings. The molecule has 0 spiro atoms. The Labute approximate surface area is 187 Å². The molecule has 8 nitrogen and oxygen atoms in total. The largest absolute Gasteiger partial charge is 0.337 e. The number of aromatic nitrogens is 3. The highest BCUT2D eigenvalue weighted by molar-refractivity contribution is 7.89. The Kier molecular flexibility index (Phi) is 6.38. The number of pyridine rings is 1. The molecule has 1 amide bonds. The van der Waals surface area contributed by atoms with Crippen molar-refractivity contribution < 1.29 is 13.2 Å². The van der Waals surface area contributed by atoms with Crippen LogP contribution in [0.1, 0.15) is 24.2 Å². The first-order chi connectivity index (χ1) is 15.3. The molecule has 1 aliphatic heterocycles. The minimum Gasteiger partial charge on any atom is -0.337 e. The van der Waals surface area contributed by atoms with E-state index in [9.17, 15) is 13.2 Å². The molecule has 0 radical (unpaired) electrons. The Morgan fingerprint density at radius 1 is 1.09 bits per heavy atom. The molecule has 1 aliphatic rings. The molecule has 1 saturated heterocycles. The average molecular weight is 454 g/mol. The zero-order chi connectivity index (χ0) is 22.7. The molecule has 9 heteroatoms. The summed E-state index contributed by atoms with van der Waals surface area (Å²) >= 11 is 0. The number of hydrogen-bond donors (Lipinski definition) is 0. The van der Waals surface area contributed by atoms with Crippen LogP contribution in [0.5, 0.6) is 0 Å². The standard InChI is InChI=1S/C23H27N5O3S/c1-18-24-22(17-26(18)2)32(30,31)28-14-11-20(12-15-28)23(29)25-21-10-6-7-13-27(21)16-19-8-4-3-5-9-19/h3-10,13,17,20H,11-12,14-16H2,1-2H3. The topological polar surface area (TPSA) is 89.6 Å². The maximum Gasteiger partial charge on any atom is 0.262 e. The van der Waals surface area contributed by atoms with Gasteiger partial charge in [-0.2, -0.15) is 9.30 Å². The summed E-state index contributed by atoms with van der Waals surface area (Å²) in [6, 6.07) is 15.6. The van der Waals surface area contributed by atoms with E-state index < -0.39 is 10.0 Å². The van der Waals surface area contributed by atoms with Crippen molar-refractivity contribution in [2.24, 2.45) is 18.0 Å². The molecule has 1 aromatic carbocycles. The number of piperidine rings is 1. The predicted molar refractivity (Wildman–Crippen MR) is 120 cm³/mol. The smallest absolute Gasteiger partial charge is 0.262 e. The molecule has 32 heavy (non-hydrogen) atoms. The van der Waals surface area contributed by atoms with Gasteiger partial charge in [0.05, 0.1) is 0 Å². The zero-order valence-corrected chi connectivity index (χ0v) is 19.1. The molecule has 168 valence electrons. The zero-order valence-electron chi connectivity index (χ0n) is 18.3. The molecule has 4 rings (SSSR count). The van der Waals surface area contributed by atoms with Crippen LogP contribution in [0.15, 0.2) is 70.9 Å². The predicted octanol–water partition coefficient (Wildman–Crippen LogP) is 2.11. The van der Waals surface area contributed by atoms with Gasteiger partial charge in [-0.1, -0.05) is 36.4 Å². The van der Waals surface area contributed by atoms with Crippen molar-refractivity contribution in [3.05, 3.63) is 77.8 Å². The van der Waals surface area contributed by atoms with Gasteiger partial charge in [-0.3, -0.25) is 4.79 Å². The highest BCUT2D eigenvalue weighted by atomic mass is 32.2. The van der Waals surface area contributed by atoms with Gasteiger partial charge in [0, 0.05) is 45.0 Å². The second-order valence-corrected chi connectivity index (χ2v) is 9.92. The summed E-state index contributed by atoms with van der Waals surface area (Å²) in [6.45, 7) is 2.94. The Balaban J connectivity index is 1.46. The summed E-state index contributed by atoms with van der Waals surface area (Å²) in [7, 11) is -1.89. The number of carbonyl (C=O) groups is 1. The first kappa shape index (κ1) is 22.2. The van der Waals surface area contributed by atoms with Gasteiger partial charge in [-0.05, 0) is 37.5 Å². The SMILES string of the molecule is Cc1nc(S(=O)(=O)N2CCC(C(=O)N=c3ccccn3Cc3ccccc3)CC2)cn1C. The number of imidazole rings is 1. The second-order valence-electron chi connectivity index (χ2n) is 8.04. The molecule has 0 N–H and O–H groups in total. The second kappa shape index (κ2) is 9.22. The van der Waals surface area contributed by atoms with Gasteiger partial charge in [0.25, 0.3) is 15.9 Å². The summed E-state index contributed by atoms with van der Waals surface area (Å²) in [5.41, 5.74) is 1.72. The van der Waals surface area contributed by atoms with Crippen molar-refractivity contribution in [1.29, 1.82) is 0 Å². The maximum atomic E-state index is 12.9. The molecule has 2 aromatic heterocycles. The fourth-order valence-electron chi connectivity index (χ4n) is 3.81. The average Bonchev–Trinajstić information content (AvgIpc) is 3.15. The fourth-order valence-corrected chi connectivity index (χ4v) is 5.31. The van der Waals surface area contributed by atoms with E-state index in [1.165, 1.54) is 10.5 Å². The summed E-state index contributed by atoms with van der Waals surface area (Å²) in [6.07, 6.45) is 4.32. The van der Waals surface area contributed by atoms with Crippen molar-refractivity contribution in [1.82, 2.24) is 18.4 Å². The van der Waals surface area contributed by atoms with E-state index in [1.807, 2.05) is 59.3 Å². The van der Waals surface area contributed by atoms with Crippen LogP contribution < -0.4 is 5.49 Å². The molecule has 3 heterocycles. The Morgan fingerprint density at radius 2 is 1.78 bits per heavy atom. The van der Waals surface area contributed by atoms with Crippen LogP contribution in [0.25, 0.3) is 0 Å². The first-order valence-electron chi connectivity index (χ1n) is 10.6. The third kappa shape index (κ3) is 4.73. The van der Waals surface area contributed by atoms with Crippen LogP contribution in [-0.4, -0.2) is 45.8 Å². The highest BCUT2D eigenvalue weighted by Gasteiger charge is 2.33. The van der Waals surface area contributed by atoms with Crippen molar-refractivity contribution >= 4 is 15.9 Å². The number of aryl methyl sites for hydroxylation is 2. The van der Waals surface area contributed by atoms with Crippen LogP contribution in [0.3, 0.4) is 0 Å². The lowest BCUT2D eigenvalue weighted by Gasteiger charge is -2.29. The van der Waals surface area contributed by atoms with E-state index >= 15 is 0 Å². The highest BCUT2D eigenvalue weighted by Crippen LogP contribution is 2.24. The lowest BCUT2D eigenvalue weighted by atomic mass is 9.97. The van der Waals surface area contributed by atoms with E-state index in [0.717, 1.165) is 5.56 Å². The van der Waals surface area contributed by atoms with Gasteiger partial charge in [0.15, 0.2) is 5.03 Å². The van der Waals surface area contributed by atoms with Crippen molar-refractivity contribution in [3.63, 3.8) is 0 Å². The van der Waals surface area contributed by atoms with Gasteiger partial charge >= 0.3 is 0 Å². The van der Waals surface area contributed by atoms with Crippen LogP contribution in [-0.2, 0) is 28.4 Å². The van der Waals surface area contributed by atoms with Crippen LogP contribution >= 0.6 is 0 Å². The lowest BCUT2D eigenvalue weighted by molar-refractivity contribution is -0.122. The van der Waals surface area contributed by atoms with Crippen LogP contribution in [0.4, 0.5) is 0 Å². The van der Waals surface area contributed by atoms with Crippen molar-refractivity contribution in [2.75, 3.05) is 13.1 Å². The minimum atomic E-state index is -3.66. The number of rotatable bonds is 5. The Bertz CT molecular complexity index is 1250. The number of benzene rings is 1. The van der Waals surface area contributed by atoms with E-state index in [4.69, 9.17) is 0 Å². The summed E-state index contributed by atoms with van der Waals surface area (Å²) in [5, 5.41) is 0.0539. The molecule has 0 bridgehead atoms. The number of sulfonamides is 1. The molecule has 0 atom stereocenters.